The third-order valence-electron chi connectivity index (χ3n) is 4.57. The molecule has 2 N–H and O–H groups in total. The van der Waals surface area contributed by atoms with E-state index >= 15 is 0 Å². The fourth-order valence-electron chi connectivity index (χ4n) is 3.09. The van der Waals surface area contributed by atoms with Gasteiger partial charge in [-0.25, -0.2) is 9.37 Å². The Labute approximate surface area is 161 Å². The molecular weight excluding hydrogens is 367 g/mol. The summed E-state index contributed by atoms with van der Waals surface area (Å²) in [6.45, 7) is 4.08. The molecule has 2 amide bonds. The molecule has 3 rings (SSSR count). The minimum absolute atomic E-state index is 0.0212. The number of rotatable bonds is 6. The lowest BCUT2D eigenvalue weighted by atomic mass is 9.96. The van der Waals surface area contributed by atoms with Gasteiger partial charge in [0.1, 0.15) is 5.82 Å². The van der Waals surface area contributed by atoms with Gasteiger partial charge in [-0.1, -0.05) is 6.07 Å². The van der Waals surface area contributed by atoms with Gasteiger partial charge in [0, 0.05) is 30.0 Å². The number of aryl methyl sites for hydroxylation is 1. The lowest BCUT2D eigenvalue weighted by Crippen LogP contribution is -2.39. The Morgan fingerprint density at radius 3 is 2.74 bits per heavy atom. The molecule has 0 aliphatic carbocycles. The molecule has 1 aromatic heterocycles. The molecule has 2 aromatic rings. The van der Waals surface area contributed by atoms with Gasteiger partial charge in [-0.05, 0) is 51.1 Å². The van der Waals surface area contributed by atoms with Gasteiger partial charge < -0.3 is 15.5 Å². The Morgan fingerprint density at radius 1 is 1.30 bits per heavy atom. The van der Waals surface area contributed by atoms with E-state index in [0.29, 0.717) is 23.8 Å². The molecule has 1 aromatic carbocycles. The predicted molar refractivity (Wildman–Crippen MR) is 104 cm³/mol. The van der Waals surface area contributed by atoms with Crippen LogP contribution in [-0.2, 0) is 9.59 Å². The van der Waals surface area contributed by atoms with Crippen LogP contribution in [0.3, 0.4) is 0 Å². The van der Waals surface area contributed by atoms with Gasteiger partial charge >= 0.3 is 0 Å². The summed E-state index contributed by atoms with van der Waals surface area (Å²) in [5, 5.41) is 8.14. The lowest BCUT2D eigenvalue weighted by Gasteiger charge is -2.30. The van der Waals surface area contributed by atoms with Crippen molar-refractivity contribution in [3.8, 4) is 0 Å². The largest absolute Gasteiger partial charge is 0.326 e. The minimum Gasteiger partial charge on any atom is -0.326 e. The maximum absolute atomic E-state index is 13.1. The second-order valence-corrected chi connectivity index (χ2v) is 7.57. The van der Waals surface area contributed by atoms with Crippen LogP contribution in [0.1, 0.15) is 25.0 Å². The molecule has 27 heavy (non-hydrogen) atoms. The van der Waals surface area contributed by atoms with Gasteiger partial charge in [0.15, 0.2) is 5.13 Å². The van der Waals surface area contributed by atoms with E-state index in [0.717, 1.165) is 31.6 Å². The molecule has 0 spiro atoms. The van der Waals surface area contributed by atoms with Crippen molar-refractivity contribution in [3.05, 3.63) is 41.2 Å². The number of carbonyl (C=O) groups is 2. The lowest BCUT2D eigenvalue weighted by molar-refractivity contribution is -0.121. The SMILES string of the molecule is Cc1csc(NC(=O)C2CCN(CCC(=O)Nc3cccc(F)c3)CC2)n1. The van der Waals surface area contributed by atoms with Crippen molar-refractivity contribution in [1.29, 1.82) is 0 Å². The number of anilines is 2. The van der Waals surface area contributed by atoms with Crippen LogP contribution in [0.5, 0.6) is 0 Å². The molecule has 0 radical (unpaired) electrons. The summed E-state index contributed by atoms with van der Waals surface area (Å²) in [6, 6.07) is 5.86. The molecule has 6 nitrogen and oxygen atoms in total. The first kappa shape index (κ1) is 19.4. The molecule has 8 heteroatoms. The Bertz CT molecular complexity index is 803. The summed E-state index contributed by atoms with van der Waals surface area (Å²) in [5.74, 6) is -0.514. The molecule has 1 fully saturated rings. The maximum atomic E-state index is 13.1. The second-order valence-electron chi connectivity index (χ2n) is 6.71. The highest BCUT2D eigenvalue weighted by Gasteiger charge is 2.25. The number of thiazole rings is 1. The Balaban J connectivity index is 1.37. The monoisotopic (exact) mass is 390 g/mol. The van der Waals surface area contributed by atoms with Gasteiger partial charge in [-0.15, -0.1) is 11.3 Å². The van der Waals surface area contributed by atoms with E-state index in [9.17, 15) is 14.0 Å². The van der Waals surface area contributed by atoms with Crippen molar-refractivity contribution in [1.82, 2.24) is 9.88 Å². The van der Waals surface area contributed by atoms with E-state index in [4.69, 9.17) is 0 Å². The van der Waals surface area contributed by atoms with E-state index < -0.39 is 0 Å². The van der Waals surface area contributed by atoms with Crippen LogP contribution < -0.4 is 10.6 Å². The summed E-state index contributed by atoms with van der Waals surface area (Å²) in [5.41, 5.74) is 1.37. The average Bonchev–Trinajstić information content (AvgIpc) is 3.05. The van der Waals surface area contributed by atoms with E-state index in [-0.39, 0.29) is 23.5 Å². The number of benzene rings is 1. The third-order valence-corrected chi connectivity index (χ3v) is 5.45. The molecule has 2 heterocycles. The Kier molecular flexibility index (Phi) is 6.52. The Hall–Kier alpha value is -2.32. The smallest absolute Gasteiger partial charge is 0.229 e. The number of likely N-dealkylation sites (tertiary alicyclic amines) is 1. The second kappa shape index (κ2) is 9.05. The predicted octanol–water partition coefficient (Wildman–Crippen LogP) is 3.27. The van der Waals surface area contributed by atoms with Crippen molar-refractivity contribution in [3.63, 3.8) is 0 Å². The van der Waals surface area contributed by atoms with Crippen molar-refractivity contribution in [2.24, 2.45) is 5.92 Å². The fourth-order valence-corrected chi connectivity index (χ4v) is 3.78. The molecule has 0 saturated carbocycles. The highest BCUT2D eigenvalue weighted by atomic mass is 32.1. The van der Waals surface area contributed by atoms with Crippen LogP contribution in [0.15, 0.2) is 29.6 Å². The number of carbonyl (C=O) groups excluding carboxylic acids is 2. The van der Waals surface area contributed by atoms with Crippen molar-refractivity contribution >= 4 is 34.0 Å². The number of amides is 2. The number of nitrogens with one attached hydrogen (secondary N) is 2. The molecule has 0 unspecified atom stereocenters. The molecule has 1 saturated heterocycles. The molecule has 0 atom stereocenters. The first-order valence-corrected chi connectivity index (χ1v) is 9.88. The summed E-state index contributed by atoms with van der Waals surface area (Å²) in [4.78, 5) is 30.8. The van der Waals surface area contributed by atoms with Crippen molar-refractivity contribution in [2.75, 3.05) is 30.3 Å². The number of aromatic nitrogens is 1. The summed E-state index contributed by atoms with van der Waals surface area (Å²) < 4.78 is 13.1. The third kappa shape index (κ3) is 5.83. The minimum atomic E-state index is -0.374. The number of piperidine rings is 1. The van der Waals surface area contributed by atoms with Crippen LogP contribution in [0, 0.1) is 18.7 Å². The van der Waals surface area contributed by atoms with Crippen LogP contribution in [0.25, 0.3) is 0 Å². The van der Waals surface area contributed by atoms with Crippen LogP contribution >= 0.6 is 11.3 Å². The van der Waals surface area contributed by atoms with Crippen molar-refractivity contribution in [2.45, 2.75) is 26.2 Å². The molecule has 1 aliphatic rings. The van der Waals surface area contributed by atoms with Crippen LogP contribution in [-0.4, -0.2) is 41.3 Å². The number of hydrogen-bond acceptors (Lipinski definition) is 5. The van der Waals surface area contributed by atoms with Gasteiger partial charge in [-0.3, -0.25) is 9.59 Å². The number of nitrogens with zero attached hydrogens (tertiary/aromatic N) is 2. The molecular formula is C19H23FN4O2S. The zero-order valence-electron chi connectivity index (χ0n) is 15.2. The normalized spacial score (nSPS) is 15.5. The first-order chi connectivity index (χ1) is 13.0. The van der Waals surface area contributed by atoms with E-state index in [1.807, 2.05) is 12.3 Å². The van der Waals surface area contributed by atoms with E-state index in [1.54, 1.807) is 12.1 Å². The zero-order chi connectivity index (χ0) is 19.2. The summed E-state index contributed by atoms with van der Waals surface area (Å²) in [7, 11) is 0. The standard InChI is InChI=1S/C19H23FN4O2S/c1-13-12-27-19(21-13)23-18(26)14-5-8-24(9-6-14)10-7-17(25)22-16-4-2-3-15(20)11-16/h2-4,11-12,14H,5-10H2,1H3,(H,22,25)(H,21,23,26). The highest BCUT2D eigenvalue weighted by Crippen LogP contribution is 2.21. The highest BCUT2D eigenvalue weighted by molar-refractivity contribution is 7.13. The van der Waals surface area contributed by atoms with Gasteiger partial charge in [0.25, 0.3) is 0 Å². The van der Waals surface area contributed by atoms with Gasteiger partial charge in [0.2, 0.25) is 11.8 Å². The number of hydrogen-bond donors (Lipinski definition) is 2. The molecule has 1 aliphatic heterocycles. The van der Waals surface area contributed by atoms with Crippen molar-refractivity contribution < 1.29 is 14.0 Å². The first-order valence-electron chi connectivity index (χ1n) is 9.00. The number of halogens is 1. The Morgan fingerprint density at radius 2 is 2.07 bits per heavy atom. The average molecular weight is 390 g/mol. The van der Waals surface area contributed by atoms with E-state index in [2.05, 4.69) is 20.5 Å². The quantitative estimate of drug-likeness (QED) is 0.794. The van der Waals surface area contributed by atoms with E-state index in [1.165, 1.54) is 23.5 Å². The summed E-state index contributed by atoms with van der Waals surface area (Å²) >= 11 is 1.43. The fraction of sp³-hybridized carbons (Fsp3) is 0.421. The topological polar surface area (TPSA) is 74.3 Å². The van der Waals surface area contributed by atoms with Gasteiger partial charge in [0.05, 0.1) is 5.69 Å². The molecule has 144 valence electrons. The molecule has 0 bridgehead atoms. The van der Waals surface area contributed by atoms with Crippen LogP contribution in [0.2, 0.25) is 0 Å². The van der Waals surface area contributed by atoms with Crippen LogP contribution in [0.4, 0.5) is 15.2 Å². The van der Waals surface area contributed by atoms with Gasteiger partial charge in [-0.2, -0.15) is 0 Å². The maximum Gasteiger partial charge on any atom is 0.229 e. The summed E-state index contributed by atoms with van der Waals surface area (Å²) in [6.07, 6.45) is 1.87. The zero-order valence-corrected chi connectivity index (χ0v) is 16.0.